The first-order valence-electron chi connectivity index (χ1n) is 7.38. The van der Waals surface area contributed by atoms with E-state index in [1.807, 2.05) is 6.07 Å². The number of benzene rings is 1. The molecule has 1 aliphatic rings. The largest absolute Gasteiger partial charge is 0.347 e. The number of hydrogen-bond donors (Lipinski definition) is 2. The molecule has 1 aromatic carbocycles. The fourth-order valence-corrected chi connectivity index (χ4v) is 2.84. The lowest BCUT2D eigenvalue weighted by Crippen LogP contribution is -2.24. The molecule has 2 N–H and O–H groups in total. The number of rotatable bonds is 4. The molecule has 4 nitrogen and oxygen atoms in total. The summed E-state index contributed by atoms with van der Waals surface area (Å²) in [6.45, 7) is 4.94. The van der Waals surface area contributed by atoms with E-state index in [1.54, 1.807) is 0 Å². The number of aromatic nitrogens is 1. The Morgan fingerprint density at radius 1 is 1.36 bits per heavy atom. The van der Waals surface area contributed by atoms with Crippen LogP contribution in [0.4, 0.5) is 5.69 Å². The number of fused-ring (bicyclic) bond motifs is 1. The van der Waals surface area contributed by atoms with Gasteiger partial charge < -0.3 is 15.2 Å². The van der Waals surface area contributed by atoms with Gasteiger partial charge in [0.25, 0.3) is 0 Å². The molecule has 1 aromatic heterocycles. The molecule has 0 spiro atoms. The minimum absolute atomic E-state index is 0. The molecule has 0 bridgehead atoms. The van der Waals surface area contributed by atoms with Crippen molar-refractivity contribution in [2.45, 2.75) is 26.3 Å². The summed E-state index contributed by atoms with van der Waals surface area (Å²) >= 11 is 0. The van der Waals surface area contributed by atoms with E-state index in [0.717, 1.165) is 38.2 Å². The molecule has 1 aliphatic heterocycles. The van der Waals surface area contributed by atoms with Gasteiger partial charge in [0.1, 0.15) is 0 Å². The number of aryl methyl sites for hydroxylation is 1. The zero-order valence-electron chi connectivity index (χ0n) is 12.7. The molecule has 22 heavy (non-hydrogen) atoms. The summed E-state index contributed by atoms with van der Waals surface area (Å²) in [7, 11) is 0. The number of carbonyl (C=O) groups excluding carboxylic acids is 1. The van der Waals surface area contributed by atoms with Crippen LogP contribution in [-0.4, -0.2) is 23.6 Å². The topological polar surface area (TPSA) is 46.1 Å². The van der Waals surface area contributed by atoms with Crippen molar-refractivity contribution in [1.82, 2.24) is 9.88 Å². The lowest BCUT2D eigenvalue weighted by Gasteiger charge is -2.10. The number of nitrogens with zero attached hydrogens (tertiary/aromatic N) is 1. The van der Waals surface area contributed by atoms with E-state index < -0.39 is 0 Å². The standard InChI is InChI=1S/C16H21N3O.2ClH/c1-2-8-19-9-6-12-10-14(3-4-15(12)19)18-16(20)13-5-7-17-11-13;;/h3-4,6,9-10,13,17H,2,5,7-8,11H2,1H3,(H,18,20);2*1H. The highest BCUT2D eigenvalue weighted by Gasteiger charge is 2.22. The number of carbonyl (C=O) groups is 1. The third-order valence-corrected chi connectivity index (χ3v) is 3.93. The van der Waals surface area contributed by atoms with Gasteiger partial charge in [0.15, 0.2) is 0 Å². The van der Waals surface area contributed by atoms with Crippen molar-refractivity contribution in [1.29, 1.82) is 0 Å². The van der Waals surface area contributed by atoms with Crippen LogP contribution in [-0.2, 0) is 11.3 Å². The van der Waals surface area contributed by atoms with E-state index in [9.17, 15) is 4.79 Å². The van der Waals surface area contributed by atoms with E-state index in [0.29, 0.717) is 0 Å². The summed E-state index contributed by atoms with van der Waals surface area (Å²) in [6.07, 6.45) is 4.17. The Balaban J connectivity index is 0.00000121. The van der Waals surface area contributed by atoms with Crippen LogP contribution in [0.25, 0.3) is 10.9 Å². The highest BCUT2D eigenvalue weighted by Crippen LogP contribution is 2.22. The van der Waals surface area contributed by atoms with Gasteiger partial charge in [-0.2, -0.15) is 0 Å². The second kappa shape index (κ2) is 8.42. The van der Waals surface area contributed by atoms with Crippen LogP contribution in [0.15, 0.2) is 30.5 Å². The normalized spacial score (nSPS) is 16.9. The number of nitrogens with one attached hydrogen (secondary N) is 2. The van der Waals surface area contributed by atoms with Crippen LogP contribution >= 0.6 is 24.8 Å². The summed E-state index contributed by atoms with van der Waals surface area (Å²) in [6, 6.07) is 8.25. The minimum atomic E-state index is 0. The first-order chi connectivity index (χ1) is 9.78. The number of hydrogen-bond acceptors (Lipinski definition) is 2. The molecule has 122 valence electrons. The average Bonchev–Trinajstić information content (AvgIpc) is 3.09. The predicted molar refractivity (Wildman–Crippen MR) is 96.3 cm³/mol. The molecule has 3 rings (SSSR count). The number of amides is 1. The lowest BCUT2D eigenvalue weighted by molar-refractivity contribution is -0.119. The molecule has 0 aliphatic carbocycles. The minimum Gasteiger partial charge on any atom is -0.347 e. The van der Waals surface area contributed by atoms with Crippen LogP contribution in [0, 0.1) is 5.92 Å². The Morgan fingerprint density at radius 2 is 2.18 bits per heavy atom. The monoisotopic (exact) mass is 343 g/mol. The average molecular weight is 344 g/mol. The molecule has 1 fully saturated rings. The van der Waals surface area contributed by atoms with Gasteiger partial charge in [0.05, 0.1) is 5.92 Å². The zero-order valence-corrected chi connectivity index (χ0v) is 14.3. The second-order valence-corrected chi connectivity index (χ2v) is 5.46. The van der Waals surface area contributed by atoms with Gasteiger partial charge >= 0.3 is 0 Å². The molecule has 0 saturated carbocycles. The predicted octanol–water partition coefficient (Wildman–Crippen LogP) is 3.44. The van der Waals surface area contributed by atoms with Crippen molar-refractivity contribution in [3.8, 4) is 0 Å². The molecule has 1 saturated heterocycles. The highest BCUT2D eigenvalue weighted by atomic mass is 35.5. The Kier molecular flexibility index (Phi) is 7.20. The van der Waals surface area contributed by atoms with Gasteiger partial charge in [0, 0.05) is 35.9 Å². The molecular formula is C16H23Cl2N3O. The van der Waals surface area contributed by atoms with E-state index in [-0.39, 0.29) is 36.6 Å². The maximum absolute atomic E-state index is 12.1. The summed E-state index contributed by atoms with van der Waals surface area (Å²) in [5.41, 5.74) is 2.12. The van der Waals surface area contributed by atoms with Crippen LogP contribution in [0.3, 0.4) is 0 Å². The van der Waals surface area contributed by atoms with E-state index in [2.05, 4.69) is 46.5 Å². The van der Waals surface area contributed by atoms with Crippen LogP contribution < -0.4 is 10.6 Å². The number of anilines is 1. The maximum atomic E-state index is 12.1. The van der Waals surface area contributed by atoms with Gasteiger partial charge in [-0.05, 0) is 43.7 Å². The Labute approximate surface area is 143 Å². The lowest BCUT2D eigenvalue weighted by atomic mass is 10.1. The molecule has 1 unspecified atom stereocenters. The first-order valence-corrected chi connectivity index (χ1v) is 7.38. The van der Waals surface area contributed by atoms with Crippen molar-refractivity contribution in [2.75, 3.05) is 18.4 Å². The summed E-state index contributed by atoms with van der Waals surface area (Å²) in [4.78, 5) is 12.1. The van der Waals surface area contributed by atoms with Crippen LogP contribution in [0.2, 0.25) is 0 Å². The van der Waals surface area contributed by atoms with Crippen LogP contribution in [0.1, 0.15) is 19.8 Å². The van der Waals surface area contributed by atoms with Gasteiger partial charge in [-0.25, -0.2) is 0 Å². The quantitative estimate of drug-likeness (QED) is 0.893. The second-order valence-electron chi connectivity index (χ2n) is 5.46. The summed E-state index contributed by atoms with van der Waals surface area (Å²) in [5.74, 6) is 0.234. The van der Waals surface area contributed by atoms with E-state index in [1.165, 1.54) is 10.9 Å². The molecule has 2 aromatic rings. The third-order valence-electron chi connectivity index (χ3n) is 3.93. The maximum Gasteiger partial charge on any atom is 0.228 e. The van der Waals surface area contributed by atoms with Gasteiger partial charge in [-0.1, -0.05) is 6.92 Å². The molecule has 1 amide bonds. The Hall–Kier alpha value is -1.23. The fourth-order valence-electron chi connectivity index (χ4n) is 2.84. The van der Waals surface area contributed by atoms with Crippen molar-refractivity contribution < 1.29 is 4.79 Å². The van der Waals surface area contributed by atoms with Crippen molar-refractivity contribution in [3.05, 3.63) is 30.5 Å². The summed E-state index contributed by atoms with van der Waals surface area (Å²) in [5, 5.41) is 7.43. The molecule has 2 heterocycles. The van der Waals surface area contributed by atoms with Crippen LogP contribution in [0.5, 0.6) is 0 Å². The zero-order chi connectivity index (χ0) is 13.9. The number of halogens is 2. The highest BCUT2D eigenvalue weighted by molar-refractivity contribution is 5.95. The molecule has 0 radical (unpaired) electrons. The van der Waals surface area contributed by atoms with Gasteiger partial charge in [-0.3, -0.25) is 4.79 Å². The smallest absolute Gasteiger partial charge is 0.228 e. The van der Waals surface area contributed by atoms with E-state index >= 15 is 0 Å². The van der Waals surface area contributed by atoms with E-state index in [4.69, 9.17) is 0 Å². The first kappa shape index (κ1) is 18.8. The van der Waals surface area contributed by atoms with Gasteiger partial charge in [0.2, 0.25) is 5.91 Å². The van der Waals surface area contributed by atoms with Crippen molar-refractivity contribution in [3.63, 3.8) is 0 Å². The van der Waals surface area contributed by atoms with Gasteiger partial charge in [-0.15, -0.1) is 24.8 Å². The SMILES string of the molecule is CCCn1ccc2cc(NC(=O)C3CCNC3)ccc21.Cl.Cl. The van der Waals surface area contributed by atoms with Crippen molar-refractivity contribution in [2.24, 2.45) is 5.92 Å². The third kappa shape index (κ3) is 3.94. The molecule has 1 atom stereocenters. The fraction of sp³-hybridized carbons (Fsp3) is 0.438. The Morgan fingerprint density at radius 3 is 2.86 bits per heavy atom. The molecule has 6 heteroatoms. The summed E-state index contributed by atoms with van der Waals surface area (Å²) < 4.78 is 2.25. The van der Waals surface area contributed by atoms with Crippen molar-refractivity contribution >= 4 is 47.3 Å². The molecular weight excluding hydrogens is 321 g/mol. The Bertz CT molecular complexity index is 621.